The predicted octanol–water partition coefficient (Wildman–Crippen LogP) is 5.61. The minimum atomic E-state index is -1.48. The molecule has 4 aromatic rings. The first-order valence-electron chi connectivity index (χ1n) is 10.8. The number of fused-ring (bicyclic) bond motifs is 1. The SMILES string of the molecule is CNc1nc(Nc2ccc(-n3cnc(Cl)c3)c(OC)c2)nc2c1CC[C@H]2c1cc(F)c(F)c(F)c1. The van der Waals surface area contributed by atoms with Gasteiger partial charge in [-0.2, -0.15) is 4.98 Å². The maximum Gasteiger partial charge on any atom is 0.229 e. The van der Waals surface area contributed by atoms with Crippen molar-refractivity contribution in [3.63, 3.8) is 0 Å². The van der Waals surface area contributed by atoms with Gasteiger partial charge >= 0.3 is 0 Å². The third-order valence-electron chi connectivity index (χ3n) is 5.96. The van der Waals surface area contributed by atoms with Crippen molar-refractivity contribution in [3.8, 4) is 11.4 Å². The highest BCUT2D eigenvalue weighted by Crippen LogP contribution is 2.41. The average Bonchev–Trinajstić information content (AvgIpc) is 3.48. The van der Waals surface area contributed by atoms with Crippen LogP contribution in [-0.2, 0) is 6.42 Å². The van der Waals surface area contributed by atoms with E-state index in [9.17, 15) is 13.2 Å². The third kappa shape index (κ3) is 4.25. The van der Waals surface area contributed by atoms with E-state index in [1.165, 1.54) is 0 Å². The Hall–Kier alpha value is -3.79. The van der Waals surface area contributed by atoms with Crippen LogP contribution >= 0.6 is 11.6 Å². The molecule has 2 aromatic heterocycles. The molecule has 0 aliphatic heterocycles. The number of rotatable bonds is 6. The molecule has 180 valence electrons. The highest BCUT2D eigenvalue weighted by atomic mass is 35.5. The smallest absolute Gasteiger partial charge is 0.229 e. The van der Waals surface area contributed by atoms with Gasteiger partial charge in [-0.3, -0.25) is 0 Å². The molecule has 0 saturated carbocycles. The van der Waals surface area contributed by atoms with Crippen molar-refractivity contribution in [3.05, 3.63) is 82.3 Å². The fourth-order valence-corrected chi connectivity index (χ4v) is 4.50. The van der Waals surface area contributed by atoms with Crippen LogP contribution in [0.5, 0.6) is 5.75 Å². The van der Waals surface area contributed by atoms with Crippen molar-refractivity contribution >= 4 is 29.1 Å². The fraction of sp³-hybridized carbons (Fsp3) is 0.208. The van der Waals surface area contributed by atoms with Crippen LogP contribution in [0.15, 0.2) is 42.9 Å². The summed E-state index contributed by atoms with van der Waals surface area (Å²) in [6, 6.07) is 7.49. The number of aromatic nitrogens is 4. The van der Waals surface area contributed by atoms with Crippen LogP contribution in [0, 0.1) is 17.5 Å². The van der Waals surface area contributed by atoms with E-state index in [2.05, 4.69) is 25.6 Å². The predicted molar refractivity (Wildman–Crippen MR) is 126 cm³/mol. The standard InChI is InChI=1S/C24H20ClF3N6O/c1-29-23-15-5-4-14(12-7-16(26)21(28)17(27)8-12)22(15)32-24(33-23)31-13-3-6-18(19(9-13)35-2)34-10-20(25)30-11-34/h3,6-11,14H,4-5H2,1-2H3,(H2,29,31,32,33)/t14-/m0/s1. The molecule has 1 aliphatic rings. The summed E-state index contributed by atoms with van der Waals surface area (Å²) in [5, 5.41) is 6.59. The van der Waals surface area contributed by atoms with Gasteiger partial charge in [0, 0.05) is 36.5 Å². The maximum atomic E-state index is 13.9. The van der Waals surface area contributed by atoms with E-state index in [-0.39, 0.29) is 0 Å². The summed E-state index contributed by atoms with van der Waals surface area (Å²) in [4.78, 5) is 13.2. The molecule has 2 heterocycles. The second-order valence-electron chi connectivity index (χ2n) is 8.01. The zero-order valence-corrected chi connectivity index (χ0v) is 19.5. The van der Waals surface area contributed by atoms with E-state index >= 15 is 0 Å². The number of hydrogen-bond donors (Lipinski definition) is 2. The van der Waals surface area contributed by atoms with Gasteiger partial charge in [-0.05, 0) is 42.7 Å². The molecular formula is C24H20ClF3N6O. The lowest BCUT2D eigenvalue weighted by Crippen LogP contribution is -2.08. The minimum absolute atomic E-state index is 0.295. The summed E-state index contributed by atoms with van der Waals surface area (Å²) >= 11 is 5.93. The molecule has 0 amide bonds. The van der Waals surface area contributed by atoms with E-state index < -0.39 is 23.4 Å². The number of hydrogen-bond acceptors (Lipinski definition) is 6. The van der Waals surface area contributed by atoms with Crippen LogP contribution in [0.3, 0.4) is 0 Å². The Morgan fingerprint density at radius 3 is 2.54 bits per heavy atom. The van der Waals surface area contributed by atoms with E-state index in [1.54, 1.807) is 37.3 Å². The summed E-state index contributed by atoms with van der Waals surface area (Å²) in [7, 11) is 3.29. The molecule has 1 atom stereocenters. The number of halogens is 4. The first-order chi connectivity index (χ1) is 16.9. The average molecular weight is 501 g/mol. The number of nitrogens with zero attached hydrogens (tertiary/aromatic N) is 4. The van der Waals surface area contributed by atoms with Gasteiger partial charge in [0.15, 0.2) is 17.5 Å². The van der Waals surface area contributed by atoms with Crippen LogP contribution in [0.4, 0.5) is 30.6 Å². The number of nitrogens with one attached hydrogen (secondary N) is 2. The van der Waals surface area contributed by atoms with Crippen LogP contribution in [0.2, 0.25) is 5.15 Å². The largest absolute Gasteiger partial charge is 0.494 e. The van der Waals surface area contributed by atoms with Crippen LogP contribution < -0.4 is 15.4 Å². The quantitative estimate of drug-likeness (QED) is 0.335. The van der Waals surface area contributed by atoms with Gasteiger partial charge in [-0.25, -0.2) is 23.1 Å². The number of ether oxygens (including phenoxy) is 1. The van der Waals surface area contributed by atoms with Crippen LogP contribution in [0.25, 0.3) is 5.69 Å². The van der Waals surface area contributed by atoms with Crippen LogP contribution in [-0.4, -0.2) is 33.7 Å². The Kier molecular flexibility index (Phi) is 5.98. The molecule has 5 rings (SSSR count). The Morgan fingerprint density at radius 1 is 1.11 bits per heavy atom. The van der Waals surface area contributed by atoms with Gasteiger partial charge in [0.25, 0.3) is 0 Å². The number of benzene rings is 2. The third-order valence-corrected chi connectivity index (χ3v) is 6.16. The molecule has 0 radical (unpaired) electrons. The molecule has 1 aliphatic carbocycles. The Balaban J connectivity index is 1.50. The molecule has 11 heteroatoms. The van der Waals surface area contributed by atoms with Gasteiger partial charge in [-0.1, -0.05) is 11.6 Å². The summed E-state index contributed by atoms with van der Waals surface area (Å²) < 4.78 is 48.6. The summed E-state index contributed by atoms with van der Waals surface area (Å²) in [6.45, 7) is 0. The second kappa shape index (κ2) is 9.10. The molecule has 2 N–H and O–H groups in total. The lowest BCUT2D eigenvalue weighted by atomic mass is 9.96. The molecule has 0 unspecified atom stereocenters. The molecular weight excluding hydrogens is 481 g/mol. The molecule has 0 spiro atoms. The summed E-state index contributed by atoms with van der Waals surface area (Å²) in [5.74, 6) is -2.85. The van der Waals surface area contributed by atoms with Gasteiger partial charge in [0.1, 0.15) is 23.0 Å². The van der Waals surface area contributed by atoms with Gasteiger partial charge in [-0.15, -0.1) is 0 Å². The first-order valence-corrected chi connectivity index (χ1v) is 11.1. The molecule has 35 heavy (non-hydrogen) atoms. The van der Waals surface area contributed by atoms with E-state index in [1.807, 2.05) is 12.1 Å². The lowest BCUT2D eigenvalue weighted by Gasteiger charge is -2.16. The number of imidazole rings is 1. The monoisotopic (exact) mass is 500 g/mol. The van der Waals surface area contributed by atoms with Gasteiger partial charge in [0.2, 0.25) is 5.95 Å². The van der Waals surface area contributed by atoms with Crippen molar-refractivity contribution < 1.29 is 17.9 Å². The normalized spacial score (nSPS) is 14.6. The topological polar surface area (TPSA) is 76.9 Å². The minimum Gasteiger partial charge on any atom is -0.494 e. The zero-order chi connectivity index (χ0) is 24.7. The van der Waals surface area contributed by atoms with Crippen molar-refractivity contribution in [2.24, 2.45) is 0 Å². The second-order valence-corrected chi connectivity index (χ2v) is 8.40. The van der Waals surface area contributed by atoms with E-state index in [0.29, 0.717) is 52.5 Å². The lowest BCUT2D eigenvalue weighted by molar-refractivity contribution is 0.413. The highest BCUT2D eigenvalue weighted by molar-refractivity contribution is 6.29. The Labute approximate surface area is 204 Å². The van der Waals surface area contributed by atoms with Crippen molar-refractivity contribution in [1.29, 1.82) is 0 Å². The Bertz CT molecular complexity index is 1400. The maximum absolute atomic E-state index is 13.9. The fourth-order valence-electron chi connectivity index (χ4n) is 4.35. The first kappa shape index (κ1) is 23.0. The van der Waals surface area contributed by atoms with E-state index in [0.717, 1.165) is 23.4 Å². The Morgan fingerprint density at radius 2 is 1.89 bits per heavy atom. The molecule has 0 fully saturated rings. The molecule has 2 aromatic carbocycles. The summed E-state index contributed by atoms with van der Waals surface area (Å²) in [6.07, 6.45) is 4.43. The van der Waals surface area contributed by atoms with Gasteiger partial charge < -0.3 is 19.9 Å². The van der Waals surface area contributed by atoms with Gasteiger partial charge in [0.05, 0.1) is 18.5 Å². The van der Waals surface area contributed by atoms with Crippen molar-refractivity contribution in [1.82, 2.24) is 19.5 Å². The molecule has 7 nitrogen and oxygen atoms in total. The molecule has 0 saturated heterocycles. The number of anilines is 3. The van der Waals surface area contributed by atoms with Crippen molar-refractivity contribution in [2.75, 3.05) is 24.8 Å². The highest BCUT2D eigenvalue weighted by Gasteiger charge is 2.30. The van der Waals surface area contributed by atoms with E-state index in [4.69, 9.17) is 16.3 Å². The number of methoxy groups -OCH3 is 1. The zero-order valence-electron chi connectivity index (χ0n) is 18.7. The summed E-state index contributed by atoms with van der Waals surface area (Å²) in [5.41, 5.74) is 3.22. The van der Waals surface area contributed by atoms with Crippen LogP contribution in [0.1, 0.15) is 29.2 Å². The van der Waals surface area contributed by atoms with Crippen molar-refractivity contribution in [2.45, 2.75) is 18.8 Å². The molecule has 0 bridgehead atoms.